The van der Waals surface area contributed by atoms with Gasteiger partial charge in [0, 0.05) is 11.1 Å². The molecule has 0 bridgehead atoms. The summed E-state index contributed by atoms with van der Waals surface area (Å²) in [7, 11) is -3.49. The summed E-state index contributed by atoms with van der Waals surface area (Å²) in [5.74, 6) is 0.0836. The average molecular weight is 343 g/mol. The molecule has 0 atom stereocenters. The predicted octanol–water partition coefficient (Wildman–Crippen LogP) is 4.49. The minimum Gasteiger partial charge on any atom is -0.452 e. The van der Waals surface area contributed by atoms with E-state index in [1.54, 1.807) is 0 Å². The van der Waals surface area contributed by atoms with Crippen LogP contribution in [0.4, 0.5) is 0 Å². The number of carbonyl (C=O) groups excluding carboxylic acids is 1. The Kier molecular flexibility index (Phi) is 5.08. The van der Waals surface area contributed by atoms with Crippen molar-refractivity contribution in [2.24, 2.45) is 0 Å². The number of rotatable bonds is 5. The van der Waals surface area contributed by atoms with Gasteiger partial charge in [0.2, 0.25) is 8.32 Å². The zero-order valence-corrected chi connectivity index (χ0v) is 16.9. The van der Waals surface area contributed by atoms with Gasteiger partial charge in [-0.25, -0.2) is 0 Å². The summed E-state index contributed by atoms with van der Waals surface area (Å²) in [6.45, 7) is 13.1. The van der Waals surface area contributed by atoms with Crippen LogP contribution in [0.3, 0.4) is 0 Å². The maximum atomic E-state index is 12.6. The SMILES string of the molecule is Cc1ccccc1C(=O)c1ccc([Si](C)(C)O[Si](C)(C)C)cc1. The summed E-state index contributed by atoms with van der Waals surface area (Å²) in [4.78, 5) is 12.6. The number of carbonyl (C=O) groups is 1. The van der Waals surface area contributed by atoms with E-state index in [9.17, 15) is 4.79 Å². The van der Waals surface area contributed by atoms with E-state index in [0.717, 1.165) is 16.7 Å². The molecule has 0 aliphatic rings. The molecule has 4 heteroatoms. The van der Waals surface area contributed by atoms with Crippen molar-refractivity contribution in [3.8, 4) is 0 Å². The molecule has 0 radical (unpaired) electrons. The van der Waals surface area contributed by atoms with Gasteiger partial charge in [0.05, 0.1) is 0 Å². The zero-order chi connectivity index (χ0) is 17.3. The van der Waals surface area contributed by atoms with Crippen molar-refractivity contribution in [1.82, 2.24) is 0 Å². The third-order valence-corrected chi connectivity index (χ3v) is 10.0. The Labute approximate surface area is 141 Å². The van der Waals surface area contributed by atoms with Crippen molar-refractivity contribution < 1.29 is 8.91 Å². The minimum atomic E-state index is -1.91. The first-order chi connectivity index (χ1) is 10.6. The van der Waals surface area contributed by atoms with Crippen molar-refractivity contribution in [3.05, 3.63) is 65.2 Å². The van der Waals surface area contributed by atoms with Crippen LogP contribution in [-0.2, 0) is 4.12 Å². The van der Waals surface area contributed by atoms with Gasteiger partial charge in [0.15, 0.2) is 14.1 Å². The fourth-order valence-electron chi connectivity index (χ4n) is 2.83. The summed E-state index contributed by atoms with van der Waals surface area (Å²) < 4.78 is 6.41. The molecule has 0 unspecified atom stereocenters. The minimum absolute atomic E-state index is 0.0836. The largest absolute Gasteiger partial charge is 0.452 e. The van der Waals surface area contributed by atoms with Crippen molar-refractivity contribution in [2.45, 2.75) is 39.7 Å². The molecule has 0 amide bonds. The smallest absolute Gasteiger partial charge is 0.205 e. The van der Waals surface area contributed by atoms with Crippen LogP contribution in [0.1, 0.15) is 21.5 Å². The second-order valence-electron chi connectivity index (χ2n) is 7.45. The van der Waals surface area contributed by atoms with E-state index in [2.05, 4.69) is 44.9 Å². The summed E-state index contributed by atoms with van der Waals surface area (Å²) in [5, 5.41) is 1.24. The highest BCUT2D eigenvalue weighted by atomic mass is 28.4. The molecule has 0 aliphatic carbocycles. The first-order valence-corrected chi connectivity index (χ1v) is 14.3. The standard InChI is InChI=1S/C19H26O2Si2/c1-15-9-7-8-10-18(15)19(20)16-11-13-17(14-12-16)23(5,6)21-22(2,3)4/h7-14H,1-6H3. The third kappa shape index (κ3) is 4.50. The monoisotopic (exact) mass is 342 g/mol. The van der Waals surface area contributed by atoms with Crippen molar-refractivity contribution >= 4 is 27.6 Å². The van der Waals surface area contributed by atoms with Gasteiger partial charge < -0.3 is 4.12 Å². The Hall–Kier alpha value is -1.50. The Morgan fingerprint density at radius 2 is 1.43 bits per heavy atom. The molecule has 0 aromatic heterocycles. The molecule has 0 spiro atoms. The predicted molar refractivity (Wildman–Crippen MR) is 103 cm³/mol. The topological polar surface area (TPSA) is 26.3 Å². The lowest BCUT2D eigenvalue weighted by atomic mass is 9.99. The van der Waals surface area contributed by atoms with E-state index in [4.69, 9.17) is 4.12 Å². The molecule has 0 aliphatic heterocycles. The maximum Gasteiger partial charge on any atom is 0.205 e. The molecule has 2 rings (SSSR count). The highest BCUT2D eigenvalue weighted by Gasteiger charge is 2.31. The fourth-order valence-corrected chi connectivity index (χ4v) is 10.4. The van der Waals surface area contributed by atoms with E-state index in [1.165, 1.54) is 5.19 Å². The molecule has 0 N–H and O–H groups in total. The Balaban J connectivity index is 2.26. The lowest BCUT2D eigenvalue weighted by Gasteiger charge is -2.31. The number of benzene rings is 2. The second-order valence-corrected chi connectivity index (χ2v) is 16.1. The molecule has 0 saturated carbocycles. The van der Waals surface area contributed by atoms with Crippen LogP contribution in [-0.4, -0.2) is 22.4 Å². The summed E-state index contributed by atoms with van der Waals surface area (Å²) in [6, 6.07) is 15.7. The van der Waals surface area contributed by atoms with E-state index in [-0.39, 0.29) is 5.78 Å². The van der Waals surface area contributed by atoms with E-state index in [0.29, 0.717) is 0 Å². The molecule has 0 heterocycles. The van der Waals surface area contributed by atoms with Crippen LogP contribution in [0.15, 0.2) is 48.5 Å². The first kappa shape index (κ1) is 17.9. The van der Waals surface area contributed by atoms with Gasteiger partial charge in [-0.15, -0.1) is 0 Å². The van der Waals surface area contributed by atoms with Gasteiger partial charge in [0.25, 0.3) is 0 Å². The molecule has 2 nitrogen and oxygen atoms in total. The van der Waals surface area contributed by atoms with Gasteiger partial charge in [-0.05, 0) is 50.4 Å². The molecular formula is C19H26O2Si2. The molecule has 122 valence electrons. The molecule has 0 saturated heterocycles. The molecule has 0 fully saturated rings. The van der Waals surface area contributed by atoms with Gasteiger partial charge >= 0.3 is 0 Å². The third-order valence-electron chi connectivity index (χ3n) is 3.79. The Bertz CT molecular complexity index is 698. The van der Waals surface area contributed by atoms with Crippen LogP contribution in [0.2, 0.25) is 32.7 Å². The first-order valence-electron chi connectivity index (χ1n) is 8.01. The van der Waals surface area contributed by atoms with E-state index < -0.39 is 16.6 Å². The number of aryl methyl sites for hydroxylation is 1. The van der Waals surface area contributed by atoms with Crippen molar-refractivity contribution in [2.75, 3.05) is 0 Å². The Morgan fingerprint density at radius 3 is 1.96 bits per heavy atom. The van der Waals surface area contributed by atoms with Crippen LogP contribution in [0.25, 0.3) is 0 Å². The summed E-state index contributed by atoms with van der Waals surface area (Å²) in [5.41, 5.74) is 2.52. The second kappa shape index (κ2) is 6.55. The fraction of sp³-hybridized carbons (Fsp3) is 0.316. The average Bonchev–Trinajstić information content (AvgIpc) is 2.45. The van der Waals surface area contributed by atoms with E-state index >= 15 is 0 Å². The highest BCUT2D eigenvalue weighted by molar-refractivity contribution is 6.92. The van der Waals surface area contributed by atoms with Gasteiger partial charge in [0.1, 0.15) is 0 Å². The van der Waals surface area contributed by atoms with Gasteiger partial charge in [-0.3, -0.25) is 4.79 Å². The van der Waals surface area contributed by atoms with Crippen LogP contribution in [0, 0.1) is 6.92 Å². The summed E-state index contributed by atoms with van der Waals surface area (Å²) >= 11 is 0. The van der Waals surface area contributed by atoms with E-state index in [1.807, 2.05) is 43.3 Å². The van der Waals surface area contributed by atoms with Crippen molar-refractivity contribution in [3.63, 3.8) is 0 Å². The van der Waals surface area contributed by atoms with Crippen molar-refractivity contribution in [1.29, 1.82) is 0 Å². The molecule has 2 aromatic carbocycles. The normalized spacial score (nSPS) is 12.3. The number of ketones is 1. The van der Waals surface area contributed by atoms with Gasteiger partial charge in [-0.1, -0.05) is 48.5 Å². The Morgan fingerprint density at radius 1 is 0.870 bits per heavy atom. The lowest BCUT2D eigenvalue weighted by molar-refractivity contribution is 0.103. The van der Waals surface area contributed by atoms with Crippen LogP contribution in [0.5, 0.6) is 0 Å². The van der Waals surface area contributed by atoms with Crippen LogP contribution < -0.4 is 5.19 Å². The van der Waals surface area contributed by atoms with Crippen LogP contribution >= 0.6 is 0 Å². The molecule has 2 aromatic rings. The molecular weight excluding hydrogens is 316 g/mol. The summed E-state index contributed by atoms with van der Waals surface area (Å²) in [6.07, 6.45) is 0. The quantitative estimate of drug-likeness (QED) is 0.591. The highest BCUT2D eigenvalue weighted by Crippen LogP contribution is 2.17. The number of hydrogen-bond acceptors (Lipinski definition) is 2. The zero-order valence-electron chi connectivity index (χ0n) is 14.9. The lowest BCUT2D eigenvalue weighted by Crippen LogP contribution is -2.51. The number of hydrogen-bond donors (Lipinski definition) is 0. The maximum absolute atomic E-state index is 12.6. The van der Waals surface area contributed by atoms with Gasteiger partial charge in [-0.2, -0.15) is 0 Å². The molecule has 23 heavy (non-hydrogen) atoms.